The third-order valence-corrected chi connectivity index (χ3v) is 3.18. The van der Waals surface area contributed by atoms with Gasteiger partial charge in [0.15, 0.2) is 0 Å². The number of anilines is 1. The first-order valence-corrected chi connectivity index (χ1v) is 6.46. The molecule has 1 amide bonds. The minimum atomic E-state index is -0.183. The van der Waals surface area contributed by atoms with Crippen LogP contribution in [0, 0.1) is 13.8 Å². The topological polar surface area (TPSA) is 55.1 Å². The Labute approximate surface area is 110 Å². The molecule has 0 aliphatic rings. The second-order valence-corrected chi connectivity index (χ2v) is 5.61. The number of nitrogens with one attached hydrogen (secondary N) is 1. The summed E-state index contributed by atoms with van der Waals surface area (Å²) in [6, 6.07) is 3.72. The summed E-state index contributed by atoms with van der Waals surface area (Å²) >= 11 is 0. The fourth-order valence-electron chi connectivity index (χ4n) is 2.18. The first-order chi connectivity index (χ1) is 8.26. The van der Waals surface area contributed by atoms with Gasteiger partial charge in [0.2, 0.25) is 0 Å². The van der Waals surface area contributed by atoms with Crippen molar-refractivity contribution in [1.82, 2.24) is 5.32 Å². The predicted molar refractivity (Wildman–Crippen MR) is 76.8 cm³/mol. The van der Waals surface area contributed by atoms with Crippen LogP contribution in [0.3, 0.4) is 0 Å². The van der Waals surface area contributed by atoms with Crippen LogP contribution in [0.15, 0.2) is 12.1 Å². The van der Waals surface area contributed by atoms with E-state index in [-0.39, 0.29) is 11.4 Å². The van der Waals surface area contributed by atoms with E-state index >= 15 is 0 Å². The molecule has 0 saturated carbocycles. The van der Waals surface area contributed by atoms with E-state index in [9.17, 15) is 4.79 Å². The Morgan fingerprint density at radius 3 is 2.44 bits per heavy atom. The van der Waals surface area contributed by atoms with Crippen molar-refractivity contribution in [2.75, 3.05) is 5.73 Å². The van der Waals surface area contributed by atoms with Gasteiger partial charge in [0.05, 0.1) is 0 Å². The Balaban J connectivity index is 2.95. The molecular formula is C15H24N2O. The molecule has 0 saturated heterocycles. The summed E-state index contributed by atoms with van der Waals surface area (Å²) in [5, 5.41) is 3.07. The fraction of sp³-hybridized carbons (Fsp3) is 0.533. The molecule has 0 bridgehead atoms. The van der Waals surface area contributed by atoms with Crippen LogP contribution in [0.5, 0.6) is 0 Å². The number of hydrogen-bond donors (Lipinski definition) is 2. The van der Waals surface area contributed by atoms with Crippen molar-refractivity contribution in [2.45, 2.75) is 53.0 Å². The first kappa shape index (κ1) is 14.6. The molecule has 0 heterocycles. The van der Waals surface area contributed by atoms with Gasteiger partial charge in [0.25, 0.3) is 5.91 Å². The molecule has 0 atom stereocenters. The summed E-state index contributed by atoms with van der Waals surface area (Å²) in [5.41, 5.74) is 9.00. The van der Waals surface area contributed by atoms with Crippen molar-refractivity contribution in [3.05, 3.63) is 28.8 Å². The van der Waals surface area contributed by atoms with Crippen molar-refractivity contribution in [1.29, 1.82) is 0 Å². The second kappa shape index (κ2) is 5.42. The Kier molecular flexibility index (Phi) is 4.38. The molecular weight excluding hydrogens is 224 g/mol. The summed E-state index contributed by atoms with van der Waals surface area (Å²) in [4.78, 5) is 12.3. The number of nitrogens with two attached hydrogens (primary N) is 1. The predicted octanol–water partition coefficient (Wildman–Crippen LogP) is 3.19. The number of carbonyl (C=O) groups excluding carboxylic acids is 1. The smallest absolute Gasteiger partial charge is 0.252 e. The molecule has 0 unspecified atom stereocenters. The molecule has 1 aromatic rings. The standard InChI is InChI=1S/C15H24N2O/c1-6-7-15(4,5)17-14(18)12-9-13(16)11(3)8-10(12)2/h8-9H,6-7,16H2,1-5H3,(H,17,18). The summed E-state index contributed by atoms with van der Waals surface area (Å²) in [5.74, 6) is -0.0438. The molecule has 18 heavy (non-hydrogen) atoms. The van der Waals surface area contributed by atoms with E-state index in [4.69, 9.17) is 5.73 Å². The number of rotatable bonds is 4. The van der Waals surface area contributed by atoms with E-state index in [0.29, 0.717) is 11.3 Å². The number of benzene rings is 1. The highest BCUT2D eigenvalue weighted by Gasteiger charge is 2.21. The van der Waals surface area contributed by atoms with Crippen LogP contribution in [-0.2, 0) is 0 Å². The van der Waals surface area contributed by atoms with Gasteiger partial charge in [0, 0.05) is 16.8 Å². The van der Waals surface area contributed by atoms with Crippen molar-refractivity contribution in [3.63, 3.8) is 0 Å². The Morgan fingerprint density at radius 2 is 1.89 bits per heavy atom. The molecule has 0 aliphatic heterocycles. The fourth-order valence-corrected chi connectivity index (χ4v) is 2.18. The first-order valence-electron chi connectivity index (χ1n) is 6.46. The highest BCUT2D eigenvalue weighted by Crippen LogP contribution is 2.19. The molecule has 1 aromatic carbocycles. The SMILES string of the molecule is CCCC(C)(C)NC(=O)c1cc(N)c(C)cc1C. The minimum absolute atomic E-state index is 0.0438. The molecule has 0 aliphatic carbocycles. The van der Waals surface area contributed by atoms with Gasteiger partial charge in [-0.1, -0.05) is 19.4 Å². The zero-order valence-electron chi connectivity index (χ0n) is 12.1. The summed E-state index contributed by atoms with van der Waals surface area (Å²) in [7, 11) is 0. The van der Waals surface area contributed by atoms with Crippen molar-refractivity contribution in [3.8, 4) is 0 Å². The number of nitrogen functional groups attached to an aromatic ring is 1. The van der Waals surface area contributed by atoms with E-state index in [1.807, 2.05) is 33.8 Å². The lowest BCUT2D eigenvalue weighted by Gasteiger charge is -2.26. The van der Waals surface area contributed by atoms with Crippen molar-refractivity contribution < 1.29 is 4.79 Å². The van der Waals surface area contributed by atoms with Gasteiger partial charge in [-0.05, 0) is 51.3 Å². The van der Waals surface area contributed by atoms with Crippen LogP contribution >= 0.6 is 0 Å². The summed E-state index contributed by atoms with van der Waals surface area (Å²) in [6.45, 7) is 10.1. The highest BCUT2D eigenvalue weighted by molar-refractivity contribution is 5.97. The molecule has 0 radical (unpaired) electrons. The molecule has 3 heteroatoms. The lowest BCUT2D eigenvalue weighted by atomic mass is 9.97. The Bertz CT molecular complexity index is 450. The monoisotopic (exact) mass is 248 g/mol. The molecule has 0 aromatic heterocycles. The van der Waals surface area contributed by atoms with Crippen molar-refractivity contribution >= 4 is 11.6 Å². The van der Waals surface area contributed by atoms with Gasteiger partial charge in [-0.15, -0.1) is 0 Å². The van der Waals surface area contributed by atoms with Crippen LogP contribution in [0.1, 0.15) is 55.1 Å². The average Bonchev–Trinajstić information content (AvgIpc) is 2.22. The quantitative estimate of drug-likeness (QED) is 0.804. The normalized spacial score (nSPS) is 11.4. The maximum Gasteiger partial charge on any atom is 0.252 e. The number of hydrogen-bond acceptors (Lipinski definition) is 2. The molecule has 0 fully saturated rings. The molecule has 1 rings (SSSR count). The average molecular weight is 248 g/mol. The third-order valence-electron chi connectivity index (χ3n) is 3.18. The van der Waals surface area contributed by atoms with Gasteiger partial charge in [0.1, 0.15) is 0 Å². The van der Waals surface area contributed by atoms with Crippen LogP contribution in [0.4, 0.5) is 5.69 Å². The maximum atomic E-state index is 12.3. The minimum Gasteiger partial charge on any atom is -0.398 e. The van der Waals surface area contributed by atoms with E-state index in [2.05, 4.69) is 12.2 Å². The lowest BCUT2D eigenvalue weighted by molar-refractivity contribution is 0.0908. The number of aryl methyl sites for hydroxylation is 2. The molecule has 3 nitrogen and oxygen atoms in total. The largest absolute Gasteiger partial charge is 0.398 e. The zero-order valence-corrected chi connectivity index (χ0v) is 12.1. The van der Waals surface area contributed by atoms with Gasteiger partial charge >= 0.3 is 0 Å². The molecule has 100 valence electrons. The lowest BCUT2D eigenvalue weighted by Crippen LogP contribution is -2.43. The van der Waals surface area contributed by atoms with Crippen LogP contribution in [0.25, 0.3) is 0 Å². The van der Waals surface area contributed by atoms with E-state index < -0.39 is 0 Å². The van der Waals surface area contributed by atoms with Gasteiger partial charge in [-0.3, -0.25) is 4.79 Å². The molecule has 0 spiro atoms. The second-order valence-electron chi connectivity index (χ2n) is 5.61. The van der Waals surface area contributed by atoms with Crippen LogP contribution in [-0.4, -0.2) is 11.4 Å². The summed E-state index contributed by atoms with van der Waals surface area (Å²) < 4.78 is 0. The van der Waals surface area contributed by atoms with E-state index in [0.717, 1.165) is 24.0 Å². The van der Waals surface area contributed by atoms with Gasteiger partial charge in [-0.25, -0.2) is 0 Å². The Hall–Kier alpha value is -1.51. The highest BCUT2D eigenvalue weighted by atomic mass is 16.1. The van der Waals surface area contributed by atoms with E-state index in [1.165, 1.54) is 0 Å². The van der Waals surface area contributed by atoms with E-state index in [1.54, 1.807) is 6.07 Å². The van der Waals surface area contributed by atoms with Crippen molar-refractivity contribution in [2.24, 2.45) is 0 Å². The molecule has 3 N–H and O–H groups in total. The van der Waals surface area contributed by atoms with Gasteiger partial charge in [-0.2, -0.15) is 0 Å². The zero-order chi connectivity index (χ0) is 13.9. The summed E-state index contributed by atoms with van der Waals surface area (Å²) in [6.07, 6.45) is 2.00. The maximum absolute atomic E-state index is 12.3. The van der Waals surface area contributed by atoms with Crippen LogP contribution < -0.4 is 11.1 Å². The number of carbonyl (C=O) groups is 1. The third kappa shape index (κ3) is 3.49. The van der Waals surface area contributed by atoms with Gasteiger partial charge < -0.3 is 11.1 Å². The Morgan fingerprint density at radius 1 is 1.28 bits per heavy atom. The number of amides is 1. The van der Waals surface area contributed by atoms with Crippen LogP contribution in [0.2, 0.25) is 0 Å².